The Morgan fingerprint density at radius 2 is 1.85 bits per heavy atom. The van der Waals surface area contributed by atoms with Crippen LogP contribution < -0.4 is 5.32 Å². The predicted molar refractivity (Wildman–Crippen MR) is 129 cm³/mol. The molecule has 33 heavy (non-hydrogen) atoms. The summed E-state index contributed by atoms with van der Waals surface area (Å²) in [6.45, 7) is 4.25. The van der Waals surface area contributed by atoms with Gasteiger partial charge in [-0.25, -0.2) is 4.98 Å². The second-order valence-electron chi connectivity index (χ2n) is 8.55. The van der Waals surface area contributed by atoms with Gasteiger partial charge in [-0.3, -0.25) is 9.59 Å². The van der Waals surface area contributed by atoms with E-state index in [0.29, 0.717) is 6.54 Å². The zero-order valence-corrected chi connectivity index (χ0v) is 18.8. The average molecular weight is 439 g/mol. The Morgan fingerprint density at radius 1 is 1.06 bits per heavy atom. The van der Waals surface area contributed by atoms with Crippen LogP contribution in [0.3, 0.4) is 0 Å². The van der Waals surface area contributed by atoms with Crippen LogP contribution in [0.25, 0.3) is 16.9 Å². The quantitative estimate of drug-likeness (QED) is 0.498. The van der Waals surface area contributed by atoms with Crippen molar-refractivity contribution in [3.05, 3.63) is 89.7 Å². The fourth-order valence-corrected chi connectivity index (χ4v) is 4.65. The van der Waals surface area contributed by atoms with Crippen molar-refractivity contribution in [2.24, 2.45) is 0 Å². The van der Waals surface area contributed by atoms with Gasteiger partial charge >= 0.3 is 0 Å². The number of benzene rings is 2. The zero-order valence-electron chi connectivity index (χ0n) is 18.8. The molecule has 0 bridgehead atoms. The highest BCUT2D eigenvalue weighted by Crippen LogP contribution is 2.32. The molecule has 1 unspecified atom stereocenters. The van der Waals surface area contributed by atoms with Crippen molar-refractivity contribution in [1.29, 1.82) is 0 Å². The molecule has 6 nitrogen and oxygen atoms in total. The van der Waals surface area contributed by atoms with Crippen molar-refractivity contribution in [2.75, 3.05) is 11.9 Å². The number of nitrogens with zero attached hydrogens (tertiary/aromatic N) is 3. The van der Waals surface area contributed by atoms with Gasteiger partial charge in [-0.2, -0.15) is 0 Å². The summed E-state index contributed by atoms with van der Waals surface area (Å²) in [4.78, 5) is 31.6. The normalized spacial score (nSPS) is 15.3. The number of hydrogen-bond donors (Lipinski definition) is 1. The molecule has 0 radical (unpaired) electrons. The number of aryl methyl sites for hydroxylation is 1. The molecular weight excluding hydrogens is 412 g/mol. The average Bonchev–Trinajstić information content (AvgIpc) is 3.25. The van der Waals surface area contributed by atoms with Gasteiger partial charge in [0.25, 0.3) is 0 Å². The van der Waals surface area contributed by atoms with Crippen molar-refractivity contribution in [1.82, 2.24) is 14.3 Å². The van der Waals surface area contributed by atoms with Crippen molar-refractivity contribution in [3.63, 3.8) is 0 Å². The van der Waals surface area contributed by atoms with E-state index >= 15 is 0 Å². The lowest BCUT2D eigenvalue weighted by Crippen LogP contribution is -2.40. The topological polar surface area (TPSA) is 66.7 Å². The number of fused-ring (bicyclic) bond motifs is 2. The Hall–Kier alpha value is -3.93. The monoisotopic (exact) mass is 438 g/mol. The van der Waals surface area contributed by atoms with Crippen LogP contribution in [0.1, 0.15) is 36.1 Å². The lowest BCUT2D eigenvalue weighted by molar-refractivity contribution is -0.132. The molecule has 0 spiro atoms. The molecule has 0 saturated heterocycles. The van der Waals surface area contributed by atoms with E-state index in [1.54, 1.807) is 11.8 Å². The third kappa shape index (κ3) is 4.12. The van der Waals surface area contributed by atoms with Crippen molar-refractivity contribution < 1.29 is 9.59 Å². The molecule has 1 atom stereocenters. The second-order valence-corrected chi connectivity index (χ2v) is 8.55. The first kappa shape index (κ1) is 20.9. The van der Waals surface area contributed by atoms with Crippen LogP contribution in [0, 0.1) is 6.92 Å². The van der Waals surface area contributed by atoms with E-state index in [-0.39, 0.29) is 24.3 Å². The molecule has 2 amide bonds. The minimum absolute atomic E-state index is 0.00523. The molecule has 4 aromatic rings. The molecule has 2 aromatic heterocycles. The number of anilines is 1. The molecule has 2 aromatic carbocycles. The Balaban J connectivity index is 1.31. The Bertz CT molecular complexity index is 1340. The first-order chi connectivity index (χ1) is 16.0. The summed E-state index contributed by atoms with van der Waals surface area (Å²) < 4.78 is 2.02. The molecule has 6 heteroatoms. The highest BCUT2D eigenvalue weighted by molar-refractivity contribution is 5.92. The standard InChI is InChI=1S/C27H26N4O2/c1-18-6-5-14-30-17-24(29-27(18)30)21-9-11-22(12-10-21)28-26(33)16-25-23-8-4-3-7-20(23)13-15-31(25)19(2)32/h3-12,14,17,25H,13,15-16H2,1-2H3,(H,28,33). The molecule has 0 fully saturated rings. The number of amides is 2. The summed E-state index contributed by atoms with van der Waals surface area (Å²) in [5.74, 6) is -0.117. The number of aromatic nitrogens is 2. The molecule has 166 valence electrons. The lowest BCUT2D eigenvalue weighted by atomic mass is 9.90. The summed E-state index contributed by atoms with van der Waals surface area (Å²) in [7, 11) is 0. The zero-order chi connectivity index (χ0) is 22.9. The van der Waals surface area contributed by atoms with Crippen LogP contribution in [-0.4, -0.2) is 32.6 Å². The van der Waals surface area contributed by atoms with Crippen molar-refractivity contribution in [3.8, 4) is 11.3 Å². The highest BCUT2D eigenvalue weighted by atomic mass is 16.2. The molecule has 5 rings (SSSR count). The third-order valence-corrected chi connectivity index (χ3v) is 6.34. The van der Waals surface area contributed by atoms with E-state index < -0.39 is 0 Å². The summed E-state index contributed by atoms with van der Waals surface area (Å²) in [6.07, 6.45) is 5.04. The molecule has 1 aliphatic heterocycles. The summed E-state index contributed by atoms with van der Waals surface area (Å²) in [6, 6.07) is 19.6. The molecule has 1 aliphatic rings. The number of nitrogens with one attached hydrogen (secondary N) is 1. The van der Waals surface area contributed by atoms with Gasteiger partial charge in [-0.05, 0) is 48.2 Å². The minimum atomic E-state index is -0.243. The number of carbonyl (C=O) groups excluding carboxylic acids is 2. The Morgan fingerprint density at radius 3 is 2.61 bits per heavy atom. The first-order valence-corrected chi connectivity index (χ1v) is 11.2. The number of carbonyl (C=O) groups is 2. The smallest absolute Gasteiger partial charge is 0.226 e. The molecule has 1 N–H and O–H groups in total. The second kappa shape index (κ2) is 8.54. The van der Waals surface area contributed by atoms with Crippen LogP contribution in [0.15, 0.2) is 73.1 Å². The SMILES string of the molecule is CC(=O)N1CCc2ccccc2C1CC(=O)Nc1ccc(-c2cn3cccc(C)c3n2)cc1. The lowest BCUT2D eigenvalue weighted by Gasteiger charge is -2.36. The van der Waals surface area contributed by atoms with Crippen molar-refractivity contribution in [2.45, 2.75) is 32.7 Å². The van der Waals surface area contributed by atoms with Crippen LogP contribution >= 0.6 is 0 Å². The highest BCUT2D eigenvalue weighted by Gasteiger charge is 2.30. The Kier molecular flexibility index (Phi) is 5.42. The summed E-state index contributed by atoms with van der Waals surface area (Å²) in [5, 5.41) is 2.99. The maximum Gasteiger partial charge on any atom is 0.226 e. The minimum Gasteiger partial charge on any atom is -0.335 e. The van der Waals surface area contributed by atoms with Gasteiger partial charge in [0, 0.05) is 37.1 Å². The van der Waals surface area contributed by atoms with Gasteiger partial charge in [-0.1, -0.05) is 42.5 Å². The number of rotatable bonds is 4. The van der Waals surface area contributed by atoms with E-state index in [1.807, 2.05) is 78.3 Å². The van der Waals surface area contributed by atoms with Gasteiger partial charge in [0.05, 0.1) is 18.2 Å². The third-order valence-electron chi connectivity index (χ3n) is 6.34. The number of pyridine rings is 1. The van der Waals surface area contributed by atoms with E-state index in [4.69, 9.17) is 4.98 Å². The van der Waals surface area contributed by atoms with Crippen LogP contribution in [0.4, 0.5) is 5.69 Å². The van der Waals surface area contributed by atoms with Gasteiger partial charge in [0.1, 0.15) is 5.65 Å². The van der Waals surface area contributed by atoms with Gasteiger partial charge < -0.3 is 14.6 Å². The van der Waals surface area contributed by atoms with Crippen LogP contribution in [0.5, 0.6) is 0 Å². The van der Waals surface area contributed by atoms with Gasteiger partial charge in [-0.15, -0.1) is 0 Å². The fraction of sp³-hybridized carbons (Fsp3) is 0.222. The van der Waals surface area contributed by atoms with E-state index in [2.05, 4.69) is 11.4 Å². The molecular formula is C27H26N4O2. The molecule has 0 aliphatic carbocycles. The number of hydrogen-bond acceptors (Lipinski definition) is 3. The summed E-state index contributed by atoms with van der Waals surface area (Å²) in [5.41, 5.74) is 6.93. The van der Waals surface area contributed by atoms with Crippen molar-refractivity contribution >= 4 is 23.1 Å². The summed E-state index contributed by atoms with van der Waals surface area (Å²) >= 11 is 0. The first-order valence-electron chi connectivity index (χ1n) is 11.2. The maximum absolute atomic E-state index is 12.9. The Labute approximate surface area is 192 Å². The van der Waals surface area contributed by atoms with E-state index in [1.165, 1.54) is 5.56 Å². The van der Waals surface area contributed by atoms with Gasteiger partial charge in [0.2, 0.25) is 11.8 Å². The van der Waals surface area contributed by atoms with E-state index in [0.717, 1.165) is 40.1 Å². The molecule has 3 heterocycles. The molecule has 0 saturated carbocycles. The maximum atomic E-state index is 12.9. The fourth-order valence-electron chi connectivity index (χ4n) is 4.65. The van der Waals surface area contributed by atoms with Gasteiger partial charge in [0.15, 0.2) is 0 Å². The largest absolute Gasteiger partial charge is 0.335 e. The number of imidazole rings is 1. The predicted octanol–water partition coefficient (Wildman–Crippen LogP) is 4.78. The van der Waals surface area contributed by atoms with Crippen LogP contribution in [-0.2, 0) is 16.0 Å². The van der Waals surface area contributed by atoms with Crippen LogP contribution in [0.2, 0.25) is 0 Å². The van der Waals surface area contributed by atoms with E-state index in [9.17, 15) is 9.59 Å².